The summed E-state index contributed by atoms with van der Waals surface area (Å²) in [6, 6.07) is 10.0. The van der Waals surface area contributed by atoms with Crippen molar-refractivity contribution in [2.24, 2.45) is 0 Å². The van der Waals surface area contributed by atoms with Gasteiger partial charge in [-0.25, -0.2) is 0 Å². The van der Waals surface area contributed by atoms with Crippen molar-refractivity contribution in [2.75, 3.05) is 17.7 Å². The molecule has 0 aromatic heterocycles. The minimum Gasteiger partial charge on any atom is -0.495 e. The number of anilines is 2. The van der Waals surface area contributed by atoms with Crippen LogP contribution >= 0.6 is 34.8 Å². The fraction of sp³-hybridized carbons (Fsp3) is 0.111. The lowest BCUT2D eigenvalue weighted by molar-refractivity contribution is -0.112. The highest BCUT2D eigenvalue weighted by Gasteiger charge is 2.13. The molecule has 1 amide bonds. The molecule has 2 N–H and O–H groups in total. The SMILES string of the molecule is COc1cc(Cl)c(C)cc1N/C=C(/C#N)C(=O)Nc1cccc(Cl)c1Cl. The van der Waals surface area contributed by atoms with Gasteiger partial charge in [0.05, 0.1) is 28.5 Å². The number of nitriles is 1. The Labute approximate surface area is 166 Å². The van der Waals surface area contributed by atoms with E-state index in [4.69, 9.17) is 39.5 Å². The van der Waals surface area contributed by atoms with Crippen LogP contribution in [0.15, 0.2) is 42.1 Å². The molecule has 2 rings (SSSR count). The molecular weight excluding hydrogens is 397 g/mol. The van der Waals surface area contributed by atoms with Crippen molar-refractivity contribution in [1.29, 1.82) is 5.26 Å². The Morgan fingerprint density at radius 1 is 1.19 bits per heavy atom. The second kappa shape index (κ2) is 8.81. The smallest absolute Gasteiger partial charge is 0.267 e. The van der Waals surface area contributed by atoms with Crippen LogP contribution < -0.4 is 15.4 Å². The number of rotatable bonds is 5. The number of halogens is 3. The van der Waals surface area contributed by atoms with Gasteiger partial charge in [-0.05, 0) is 30.7 Å². The normalized spacial score (nSPS) is 10.8. The fourth-order valence-electron chi connectivity index (χ4n) is 2.03. The first-order chi connectivity index (χ1) is 12.4. The zero-order valence-corrected chi connectivity index (χ0v) is 16.1. The van der Waals surface area contributed by atoms with E-state index in [1.165, 1.54) is 13.3 Å². The van der Waals surface area contributed by atoms with Gasteiger partial charge < -0.3 is 15.4 Å². The van der Waals surface area contributed by atoms with Crippen molar-refractivity contribution in [3.05, 3.63) is 62.7 Å². The molecule has 134 valence electrons. The average molecular weight is 411 g/mol. The predicted octanol–water partition coefficient (Wildman–Crippen LogP) is 5.42. The minimum absolute atomic E-state index is 0.157. The number of amides is 1. The standard InChI is InChI=1S/C18H14Cl3N3O2/c1-10-6-15(16(26-2)7-13(10)20)23-9-11(8-22)18(25)24-14-5-3-4-12(19)17(14)21/h3-7,9,23H,1-2H3,(H,24,25)/b11-9-. The highest BCUT2D eigenvalue weighted by molar-refractivity contribution is 6.44. The van der Waals surface area contributed by atoms with E-state index < -0.39 is 5.91 Å². The Kier molecular flexibility index (Phi) is 6.76. The zero-order valence-electron chi connectivity index (χ0n) is 13.9. The molecular formula is C18H14Cl3N3O2. The van der Waals surface area contributed by atoms with Crippen LogP contribution in [0.1, 0.15) is 5.56 Å². The third kappa shape index (κ3) is 4.61. The van der Waals surface area contributed by atoms with E-state index >= 15 is 0 Å². The summed E-state index contributed by atoms with van der Waals surface area (Å²) in [7, 11) is 1.49. The van der Waals surface area contributed by atoms with Crippen LogP contribution in [0.3, 0.4) is 0 Å². The van der Waals surface area contributed by atoms with E-state index in [1.54, 1.807) is 30.3 Å². The summed E-state index contributed by atoms with van der Waals surface area (Å²) in [5.41, 5.74) is 1.54. The summed E-state index contributed by atoms with van der Waals surface area (Å²) in [5.74, 6) is -0.152. The molecule has 0 bridgehead atoms. The lowest BCUT2D eigenvalue weighted by Crippen LogP contribution is -2.15. The number of benzene rings is 2. The number of hydrogen-bond acceptors (Lipinski definition) is 4. The van der Waals surface area contributed by atoms with Gasteiger partial charge in [0.25, 0.3) is 5.91 Å². The van der Waals surface area contributed by atoms with E-state index in [1.807, 2.05) is 13.0 Å². The molecule has 0 radical (unpaired) electrons. The van der Waals surface area contributed by atoms with E-state index in [2.05, 4.69) is 10.6 Å². The maximum Gasteiger partial charge on any atom is 0.267 e. The molecule has 0 atom stereocenters. The van der Waals surface area contributed by atoms with E-state index in [0.717, 1.165) is 5.56 Å². The van der Waals surface area contributed by atoms with E-state index in [-0.39, 0.29) is 10.6 Å². The Morgan fingerprint density at radius 3 is 2.58 bits per heavy atom. The van der Waals surface area contributed by atoms with Gasteiger partial charge in [0.15, 0.2) is 0 Å². The van der Waals surface area contributed by atoms with Gasteiger partial charge in [-0.1, -0.05) is 40.9 Å². The summed E-state index contributed by atoms with van der Waals surface area (Å²) >= 11 is 18.0. The molecule has 5 nitrogen and oxygen atoms in total. The first kappa shape index (κ1) is 19.9. The molecule has 0 fully saturated rings. The quantitative estimate of drug-likeness (QED) is 0.510. The fourth-order valence-corrected chi connectivity index (χ4v) is 2.53. The number of nitrogens with one attached hydrogen (secondary N) is 2. The predicted molar refractivity (Wildman–Crippen MR) is 105 cm³/mol. The minimum atomic E-state index is -0.631. The molecule has 0 aliphatic carbocycles. The maximum absolute atomic E-state index is 12.3. The molecule has 0 aliphatic heterocycles. The lowest BCUT2D eigenvalue weighted by atomic mass is 10.2. The highest BCUT2D eigenvalue weighted by atomic mass is 35.5. The van der Waals surface area contributed by atoms with Gasteiger partial charge in [0.2, 0.25) is 0 Å². The van der Waals surface area contributed by atoms with E-state index in [0.29, 0.717) is 27.2 Å². The second-order valence-corrected chi connectivity index (χ2v) is 6.36. The average Bonchev–Trinajstić information content (AvgIpc) is 2.62. The first-order valence-electron chi connectivity index (χ1n) is 7.33. The van der Waals surface area contributed by atoms with Crippen LogP contribution in [0.4, 0.5) is 11.4 Å². The molecule has 0 heterocycles. The molecule has 0 spiro atoms. The Bertz CT molecular complexity index is 921. The van der Waals surface area contributed by atoms with Crippen molar-refractivity contribution in [3.8, 4) is 11.8 Å². The van der Waals surface area contributed by atoms with Gasteiger partial charge in [0, 0.05) is 17.3 Å². The molecule has 0 saturated carbocycles. The number of hydrogen-bond donors (Lipinski definition) is 2. The maximum atomic E-state index is 12.3. The number of methoxy groups -OCH3 is 1. The van der Waals surface area contributed by atoms with Crippen LogP contribution in [0.25, 0.3) is 0 Å². The summed E-state index contributed by atoms with van der Waals surface area (Å²) in [4.78, 5) is 12.3. The number of carbonyl (C=O) groups excluding carboxylic acids is 1. The number of carbonyl (C=O) groups is 1. The van der Waals surface area contributed by atoms with Crippen LogP contribution in [0, 0.1) is 18.3 Å². The molecule has 26 heavy (non-hydrogen) atoms. The largest absolute Gasteiger partial charge is 0.495 e. The Morgan fingerprint density at radius 2 is 1.92 bits per heavy atom. The molecule has 2 aromatic rings. The van der Waals surface area contributed by atoms with Crippen LogP contribution in [-0.2, 0) is 4.79 Å². The molecule has 8 heteroatoms. The number of nitrogens with zero attached hydrogens (tertiary/aromatic N) is 1. The van der Waals surface area contributed by atoms with Crippen molar-refractivity contribution in [2.45, 2.75) is 6.92 Å². The summed E-state index contributed by atoms with van der Waals surface area (Å²) < 4.78 is 5.24. The summed E-state index contributed by atoms with van der Waals surface area (Å²) in [6.45, 7) is 1.83. The molecule has 0 aliphatic rings. The van der Waals surface area contributed by atoms with Gasteiger partial charge >= 0.3 is 0 Å². The van der Waals surface area contributed by atoms with Gasteiger partial charge in [-0.15, -0.1) is 0 Å². The first-order valence-corrected chi connectivity index (χ1v) is 8.47. The lowest BCUT2D eigenvalue weighted by Gasteiger charge is -2.11. The monoisotopic (exact) mass is 409 g/mol. The van der Waals surface area contributed by atoms with Crippen molar-refractivity contribution in [1.82, 2.24) is 0 Å². The Balaban J connectivity index is 2.23. The number of ether oxygens (including phenoxy) is 1. The Hall–Kier alpha value is -2.39. The third-order valence-electron chi connectivity index (χ3n) is 3.42. The summed E-state index contributed by atoms with van der Waals surface area (Å²) in [5, 5.41) is 15.7. The topological polar surface area (TPSA) is 74.1 Å². The summed E-state index contributed by atoms with van der Waals surface area (Å²) in [6.07, 6.45) is 1.28. The zero-order chi connectivity index (χ0) is 19.3. The highest BCUT2D eigenvalue weighted by Crippen LogP contribution is 2.31. The molecule has 2 aromatic carbocycles. The van der Waals surface area contributed by atoms with Crippen LogP contribution in [0.5, 0.6) is 5.75 Å². The van der Waals surface area contributed by atoms with Crippen LogP contribution in [-0.4, -0.2) is 13.0 Å². The molecule has 0 unspecified atom stereocenters. The van der Waals surface area contributed by atoms with Gasteiger partial charge in [0.1, 0.15) is 17.4 Å². The van der Waals surface area contributed by atoms with Crippen molar-refractivity contribution < 1.29 is 9.53 Å². The van der Waals surface area contributed by atoms with Gasteiger partial charge in [-0.2, -0.15) is 5.26 Å². The number of aryl methyl sites for hydroxylation is 1. The van der Waals surface area contributed by atoms with Crippen molar-refractivity contribution >= 4 is 52.1 Å². The molecule has 0 saturated heterocycles. The van der Waals surface area contributed by atoms with E-state index in [9.17, 15) is 10.1 Å². The second-order valence-electron chi connectivity index (χ2n) is 5.17. The van der Waals surface area contributed by atoms with Crippen molar-refractivity contribution in [3.63, 3.8) is 0 Å². The third-order valence-corrected chi connectivity index (χ3v) is 4.64. The van der Waals surface area contributed by atoms with Crippen LogP contribution in [0.2, 0.25) is 15.1 Å². The van der Waals surface area contributed by atoms with Gasteiger partial charge in [-0.3, -0.25) is 4.79 Å².